The van der Waals surface area contributed by atoms with Gasteiger partial charge in [0.05, 0.1) is 36.7 Å². The number of hydrogen-bond donors (Lipinski definition) is 0. The van der Waals surface area contributed by atoms with Crippen molar-refractivity contribution < 1.29 is 33.0 Å². The van der Waals surface area contributed by atoms with Crippen molar-refractivity contribution in [1.82, 2.24) is 0 Å². The van der Waals surface area contributed by atoms with Crippen LogP contribution >= 0.6 is 0 Å². The molecule has 0 aromatic carbocycles. The van der Waals surface area contributed by atoms with E-state index in [1.54, 1.807) is 26.0 Å². The van der Waals surface area contributed by atoms with Crippen LogP contribution in [0.5, 0.6) is 0 Å². The minimum absolute atomic E-state index is 0.0932. The van der Waals surface area contributed by atoms with Gasteiger partial charge in [0.2, 0.25) is 0 Å². The highest BCUT2D eigenvalue weighted by molar-refractivity contribution is 5.90. The largest absolute Gasteiger partial charge is 0.472 e. The second-order valence-corrected chi connectivity index (χ2v) is 4.48. The molecule has 0 amide bonds. The third-order valence-corrected chi connectivity index (χ3v) is 2.76. The SMILES string of the molecule is CCOC(=O)C1=CC(C)OC1OC.CCOC(=O)c1ccoc1. The lowest BCUT2D eigenvalue weighted by Crippen LogP contribution is -2.21. The fourth-order valence-electron chi connectivity index (χ4n) is 1.80. The maximum Gasteiger partial charge on any atom is 0.341 e. The predicted molar refractivity (Wildman–Crippen MR) is 80.7 cm³/mol. The van der Waals surface area contributed by atoms with Crippen molar-refractivity contribution in [2.75, 3.05) is 20.3 Å². The van der Waals surface area contributed by atoms with Gasteiger partial charge in [-0.2, -0.15) is 0 Å². The quantitative estimate of drug-likeness (QED) is 0.768. The molecule has 7 nitrogen and oxygen atoms in total. The van der Waals surface area contributed by atoms with Gasteiger partial charge in [0.15, 0.2) is 6.29 Å². The van der Waals surface area contributed by atoms with Crippen molar-refractivity contribution in [3.63, 3.8) is 0 Å². The molecule has 2 rings (SSSR count). The first-order valence-electron chi connectivity index (χ1n) is 7.29. The first-order chi connectivity index (χ1) is 11.0. The molecule has 0 bridgehead atoms. The molecule has 1 aromatic rings. The average molecular weight is 326 g/mol. The van der Waals surface area contributed by atoms with Gasteiger partial charge in [-0.05, 0) is 32.9 Å². The number of carbonyl (C=O) groups is 2. The van der Waals surface area contributed by atoms with Crippen LogP contribution in [0.3, 0.4) is 0 Å². The Labute approximate surface area is 135 Å². The fraction of sp³-hybridized carbons (Fsp3) is 0.500. The van der Waals surface area contributed by atoms with Crippen molar-refractivity contribution in [1.29, 1.82) is 0 Å². The third kappa shape index (κ3) is 5.88. The van der Waals surface area contributed by atoms with E-state index in [0.29, 0.717) is 24.4 Å². The van der Waals surface area contributed by atoms with Gasteiger partial charge in [-0.15, -0.1) is 0 Å². The maximum atomic E-state index is 11.3. The van der Waals surface area contributed by atoms with Gasteiger partial charge in [-0.25, -0.2) is 9.59 Å². The van der Waals surface area contributed by atoms with Crippen LogP contribution in [0.1, 0.15) is 31.1 Å². The number of esters is 2. The predicted octanol–water partition coefficient (Wildman–Crippen LogP) is 2.32. The Hall–Kier alpha value is -2.12. The van der Waals surface area contributed by atoms with Gasteiger partial charge in [-0.3, -0.25) is 0 Å². The summed E-state index contributed by atoms with van der Waals surface area (Å²) in [5.41, 5.74) is 0.915. The third-order valence-electron chi connectivity index (χ3n) is 2.76. The van der Waals surface area contributed by atoms with Crippen molar-refractivity contribution in [2.24, 2.45) is 0 Å². The molecule has 2 unspecified atom stereocenters. The highest BCUT2D eigenvalue weighted by atomic mass is 16.7. The molecule has 1 aliphatic rings. The summed E-state index contributed by atoms with van der Waals surface area (Å²) in [5.74, 6) is -0.699. The van der Waals surface area contributed by atoms with Crippen LogP contribution in [0.2, 0.25) is 0 Å². The van der Waals surface area contributed by atoms with E-state index in [1.165, 1.54) is 19.6 Å². The zero-order valence-corrected chi connectivity index (χ0v) is 13.7. The normalized spacial score (nSPS) is 19.4. The van der Waals surface area contributed by atoms with Gasteiger partial charge in [0.25, 0.3) is 0 Å². The van der Waals surface area contributed by atoms with E-state index in [4.69, 9.17) is 14.2 Å². The summed E-state index contributed by atoms with van der Waals surface area (Å²) in [4.78, 5) is 22.1. The summed E-state index contributed by atoms with van der Waals surface area (Å²) in [5, 5.41) is 0. The van der Waals surface area contributed by atoms with E-state index in [1.807, 2.05) is 6.92 Å². The summed E-state index contributed by atoms with van der Waals surface area (Å²) in [6.07, 6.45) is 3.84. The summed E-state index contributed by atoms with van der Waals surface area (Å²) in [6, 6.07) is 1.57. The summed E-state index contributed by atoms with van der Waals surface area (Å²) >= 11 is 0. The topological polar surface area (TPSA) is 84.2 Å². The molecule has 0 spiro atoms. The van der Waals surface area contributed by atoms with Crippen molar-refractivity contribution in [2.45, 2.75) is 33.2 Å². The maximum absolute atomic E-state index is 11.3. The number of methoxy groups -OCH3 is 1. The van der Waals surface area contributed by atoms with E-state index in [2.05, 4.69) is 9.15 Å². The zero-order valence-electron chi connectivity index (χ0n) is 13.7. The molecule has 2 atom stereocenters. The van der Waals surface area contributed by atoms with Gasteiger partial charge in [0, 0.05) is 7.11 Å². The Morgan fingerprint density at radius 2 is 1.83 bits per heavy atom. The molecule has 0 aliphatic carbocycles. The lowest BCUT2D eigenvalue weighted by molar-refractivity contribution is -0.146. The Kier molecular flexibility index (Phi) is 8.07. The van der Waals surface area contributed by atoms with Crippen LogP contribution in [-0.4, -0.2) is 44.7 Å². The second kappa shape index (κ2) is 9.81. The van der Waals surface area contributed by atoms with Crippen molar-refractivity contribution in [3.8, 4) is 0 Å². The molecular weight excluding hydrogens is 304 g/mol. The van der Waals surface area contributed by atoms with Crippen LogP contribution in [0.15, 0.2) is 34.7 Å². The number of ether oxygens (including phenoxy) is 4. The molecule has 7 heteroatoms. The summed E-state index contributed by atoms with van der Waals surface area (Å²) in [6.45, 7) is 6.13. The van der Waals surface area contributed by atoms with Gasteiger partial charge < -0.3 is 23.4 Å². The molecule has 1 aliphatic heterocycles. The molecule has 128 valence electrons. The molecule has 0 radical (unpaired) electrons. The van der Waals surface area contributed by atoms with E-state index < -0.39 is 6.29 Å². The van der Waals surface area contributed by atoms with E-state index in [9.17, 15) is 9.59 Å². The molecular formula is C16H22O7. The molecule has 1 aromatic heterocycles. The first-order valence-corrected chi connectivity index (χ1v) is 7.29. The molecule has 0 fully saturated rings. The van der Waals surface area contributed by atoms with Gasteiger partial charge in [0.1, 0.15) is 6.26 Å². The smallest absolute Gasteiger partial charge is 0.341 e. The van der Waals surface area contributed by atoms with Gasteiger partial charge >= 0.3 is 11.9 Å². The van der Waals surface area contributed by atoms with Crippen LogP contribution in [0.25, 0.3) is 0 Å². The molecule has 0 saturated heterocycles. The first kappa shape index (κ1) is 18.9. The van der Waals surface area contributed by atoms with Gasteiger partial charge in [-0.1, -0.05) is 0 Å². The molecule has 0 N–H and O–H groups in total. The Morgan fingerprint density at radius 3 is 2.35 bits per heavy atom. The number of rotatable bonds is 5. The highest BCUT2D eigenvalue weighted by Crippen LogP contribution is 2.21. The summed E-state index contributed by atoms with van der Waals surface area (Å²) < 4.78 is 24.5. The van der Waals surface area contributed by atoms with Crippen molar-refractivity contribution in [3.05, 3.63) is 35.8 Å². The Bertz CT molecular complexity index is 519. The number of furan rings is 1. The minimum atomic E-state index is -0.575. The standard InChI is InChI=1S/C9H14O4.C7H8O3/c1-4-12-8(10)7-5-6(2)13-9(7)11-3;1-2-10-7(8)6-3-4-9-5-6/h5-6,9H,4H2,1-3H3;3-5H,2H2,1H3. The molecule has 23 heavy (non-hydrogen) atoms. The lowest BCUT2D eigenvalue weighted by Gasteiger charge is -2.12. The van der Waals surface area contributed by atoms with Crippen LogP contribution in [-0.2, 0) is 23.7 Å². The number of carbonyl (C=O) groups excluding carboxylic acids is 2. The minimum Gasteiger partial charge on any atom is -0.472 e. The van der Waals surface area contributed by atoms with E-state index >= 15 is 0 Å². The molecule has 2 heterocycles. The van der Waals surface area contributed by atoms with Crippen LogP contribution in [0, 0.1) is 0 Å². The van der Waals surface area contributed by atoms with E-state index in [0.717, 1.165) is 0 Å². The Morgan fingerprint density at radius 1 is 1.17 bits per heavy atom. The Balaban J connectivity index is 0.000000238. The van der Waals surface area contributed by atoms with Crippen molar-refractivity contribution >= 4 is 11.9 Å². The molecule has 0 saturated carbocycles. The second-order valence-electron chi connectivity index (χ2n) is 4.48. The van der Waals surface area contributed by atoms with Crippen LogP contribution < -0.4 is 0 Å². The average Bonchev–Trinajstić information content (AvgIpc) is 3.17. The fourth-order valence-corrected chi connectivity index (χ4v) is 1.80. The van der Waals surface area contributed by atoms with E-state index in [-0.39, 0.29) is 18.0 Å². The van der Waals surface area contributed by atoms with Crippen LogP contribution in [0.4, 0.5) is 0 Å². The monoisotopic (exact) mass is 326 g/mol. The highest BCUT2D eigenvalue weighted by Gasteiger charge is 2.30. The summed E-state index contributed by atoms with van der Waals surface area (Å²) in [7, 11) is 1.50. The number of hydrogen-bond acceptors (Lipinski definition) is 7. The zero-order chi connectivity index (χ0) is 17.2. The lowest BCUT2D eigenvalue weighted by atomic mass is 10.2.